The molecule has 0 aliphatic carbocycles. The normalized spacial score (nSPS) is 25.2. The van der Waals surface area contributed by atoms with Crippen LogP contribution in [0.4, 0.5) is 24.9 Å². The second-order valence-corrected chi connectivity index (χ2v) is 6.87. The Morgan fingerprint density at radius 2 is 2.15 bits per heavy atom. The molecule has 146 valence electrons. The molecule has 0 radical (unpaired) electrons. The van der Waals surface area contributed by atoms with E-state index < -0.39 is 18.3 Å². The summed E-state index contributed by atoms with van der Waals surface area (Å²) in [5.41, 5.74) is -0.389. The van der Waals surface area contributed by atoms with Crippen LogP contribution in [0.25, 0.3) is 0 Å². The summed E-state index contributed by atoms with van der Waals surface area (Å²) < 4.78 is 47.1. The predicted octanol–water partition coefficient (Wildman–Crippen LogP) is 0.990. The number of nitrogens with zero attached hydrogens (tertiary/aromatic N) is 4. The summed E-state index contributed by atoms with van der Waals surface area (Å²) in [4.78, 5) is 19.8. The molecular weight excluding hydrogens is 353 g/mol. The van der Waals surface area contributed by atoms with E-state index in [4.69, 9.17) is 4.74 Å². The van der Waals surface area contributed by atoms with E-state index in [2.05, 4.69) is 4.98 Å². The molecule has 0 amide bonds. The Hall–Kier alpha value is -1.81. The largest absolute Gasteiger partial charge is 0.408 e. The molecule has 3 heterocycles. The minimum absolute atomic E-state index is 0.0362. The van der Waals surface area contributed by atoms with E-state index in [1.54, 1.807) is 0 Å². The summed E-state index contributed by atoms with van der Waals surface area (Å²) in [6, 6.07) is -0.452. The van der Waals surface area contributed by atoms with Crippen molar-refractivity contribution in [1.82, 2.24) is 9.55 Å². The van der Waals surface area contributed by atoms with Crippen LogP contribution in [0, 0.1) is 0 Å². The lowest BCUT2D eigenvalue weighted by atomic mass is 10.1. The van der Waals surface area contributed by atoms with Crippen molar-refractivity contribution in [3.63, 3.8) is 0 Å². The van der Waals surface area contributed by atoms with Crippen LogP contribution in [0.15, 0.2) is 10.9 Å². The van der Waals surface area contributed by atoms with E-state index in [9.17, 15) is 23.1 Å². The van der Waals surface area contributed by atoms with Crippen molar-refractivity contribution >= 4 is 11.8 Å². The average Bonchev–Trinajstić information content (AvgIpc) is 2.54. The van der Waals surface area contributed by atoms with E-state index in [-0.39, 0.29) is 37.1 Å². The second kappa shape index (κ2) is 7.07. The Labute approximate surface area is 149 Å². The quantitative estimate of drug-likeness (QED) is 0.849. The molecule has 1 fully saturated rings. The number of fused-ring (bicyclic) bond motifs is 1. The van der Waals surface area contributed by atoms with Gasteiger partial charge in [-0.05, 0) is 20.3 Å². The summed E-state index contributed by atoms with van der Waals surface area (Å²) in [5, 5.41) is 9.69. The molecule has 3 rings (SSSR count). The van der Waals surface area contributed by atoms with Crippen molar-refractivity contribution in [2.45, 2.75) is 51.2 Å². The third kappa shape index (κ3) is 3.66. The third-order valence-corrected chi connectivity index (χ3v) is 4.73. The standard InChI is InChI=1S/C16H23F3N4O3/c1-10-9-26-6-5-21(10)13-7-14(25)22-4-3-12(16(17,18)19)23(8-11(2)24)15(22)20-13/h7,10-12,24H,3-6,8-9H2,1-2H3. The minimum atomic E-state index is -4.47. The number of ether oxygens (including phenoxy) is 1. The summed E-state index contributed by atoms with van der Waals surface area (Å²) in [6.45, 7) is 4.45. The molecule has 1 aromatic rings. The molecule has 2 aliphatic heterocycles. The molecule has 26 heavy (non-hydrogen) atoms. The highest BCUT2D eigenvalue weighted by Crippen LogP contribution is 2.34. The van der Waals surface area contributed by atoms with Crippen molar-refractivity contribution in [3.8, 4) is 0 Å². The number of β-amino-alcohol motifs (C(OH)–C–C–N with tert-alkyl or cyclic N) is 1. The van der Waals surface area contributed by atoms with Crippen molar-refractivity contribution in [2.24, 2.45) is 0 Å². The second-order valence-electron chi connectivity index (χ2n) is 6.87. The zero-order chi connectivity index (χ0) is 19.1. The van der Waals surface area contributed by atoms with Gasteiger partial charge < -0.3 is 19.6 Å². The van der Waals surface area contributed by atoms with Crippen LogP contribution in [0.5, 0.6) is 0 Å². The molecule has 0 bridgehead atoms. The van der Waals surface area contributed by atoms with Gasteiger partial charge in [-0.15, -0.1) is 0 Å². The molecule has 10 heteroatoms. The summed E-state index contributed by atoms with van der Waals surface area (Å²) in [5.74, 6) is 0.302. The van der Waals surface area contributed by atoms with Gasteiger partial charge in [0.2, 0.25) is 5.95 Å². The highest BCUT2D eigenvalue weighted by Gasteiger charge is 2.47. The molecule has 7 nitrogen and oxygen atoms in total. The fraction of sp³-hybridized carbons (Fsp3) is 0.750. The van der Waals surface area contributed by atoms with Crippen LogP contribution in [0.2, 0.25) is 0 Å². The van der Waals surface area contributed by atoms with Gasteiger partial charge in [0.1, 0.15) is 11.9 Å². The highest BCUT2D eigenvalue weighted by molar-refractivity contribution is 5.47. The number of rotatable bonds is 3. The van der Waals surface area contributed by atoms with Crippen LogP contribution >= 0.6 is 0 Å². The van der Waals surface area contributed by atoms with Crippen LogP contribution in [0.1, 0.15) is 20.3 Å². The molecule has 3 unspecified atom stereocenters. The van der Waals surface area contributed by atoms with Gasteiger partial charge >= 0.3 is 6.18 Å². The number of aliphatic hydroxyl groups is 1. The Morgan fingerprint density at radius 3 is 2.77 bits per heavy atom. The maximum atomic E-state index is 13.5. The van der Waals surface area contributed by atoms with Gasteiger partial charge in [-0.25, -0.2) is 0 Å². The number of alkyl halides is 3. The topological polar surface area (TPSA) is 70.8 Å². The Kier molecular flexibility index (Phi) is 5.16. The highest BCUT2D eigenvalue weighted by atomic mass is 19.4. The van der Waals surface area contributed by atoms with E-state index in [1.807, 2.05) is 11.8 Å². The monoisotopic (exact) mass is 376 g/mol. The predicted molar refractivity (Wildman–Crippen MR) is 89.6 cm³/mol. The number of morpholine rings is 1. The van der Waals surface area contributed by atoms with E-state index in [1.165, 1.54) is 17.6 Å². The lowest BCUT2D eigenvalue weighted by Gasteiger charge is -2.40. The number of halogens is 3. The fourth-order valence-electron chi connectivity index (χ4n) is 3.51. The Morgan fingerprint density at radius 1 is 1.42 bits per heavy atom. The summed E-state index contributed by atoms with van der Waals surface area (Å²) in [7, 11) is 0. The molecule has 1 N–H and O–H groups in total. The van der Waals surface area contributed by atoms with Gasteiger partial charge in [0.05, 0.1) is 25.4 Å². The van der Waals surface area contributed by atoms with Crippen molar-refractivity contribution < 1.29 is 23.0 Å². The van der Waals surface area contributed by atoms with Crippen LogP contribution in [-0.4, -0.2) is 65.3 Å². The van der Waals surface area contributed by atoms with Gasteiger partial charge in [-0.1, -0.05) is 0 Å². The van der Waals surface area contributed by atoms with Gasteiger partial charge in [0, 0.05) is 25.7 Å². The van der Waals surface area contributed by atoms with Crippen LogP contribution in [-0.2, 0) is 11.3 Å². The smallest absolute Gasteiger partial charge is 0.392 e. The minimum Gasteiger partial charge on any atom is -0.392 e. The van der Waals surface area contributed by atoms with Crippen molar-refractivity contribution in [2.75, 3.05) is 36.1 Å². The molecule has 0 saturated carbocycles. The number of hydrogen-bond donors (Lipinski definition) is 1. The van der Waals surface area contributed by atoms with Crippen molar-refractivity contribution in [1.29, 1.82) is 0 Å². The van der Waals surface area contributed by atoms with E-state index in [0.717, 1.165) is 4.90 Å². The van der Waals surface area contributed by atoms with Gasteiger partial charge in [0.15, 0.2) is 0 Å². The first kappa shape index (κ1) is 19.0. The zero-order valence-corrected chi connectivity index (χ0v) is 14.7. The SMILES string of the molecule is CC(O)CN1c2nc(N3CCOCC3C)cc(=O)n2CCC1C(F)(F)F. The Balaban J connectivity index is 2.05. The molecule has 2 aliphatic rings. The van der Waals surface area contributed by atoms with Gasteiger partial charge in [-0.2, -0.15) is 18.2 Å². The lowest BCUT2D eigenvalue weighted by Crippen LogP contribution is -2.54. The zero-order valence-electron chi connectivity index (χ0n) is 14.7. The van der Waals surface area contributed by atoms with Crippen molar-refractivity contribution in [3.05, 3.63) is 16.4 Å². The first-order chi connectivity index (χ1) is 12.2. The van der Waals surface area contributed by atoms with E-state index >= 15 is 0 Å². The van der Waals surface area contributed by atoms with Crippen LogP contribution in [0.3, 0.4) is 0 Å². The molecular formula is C16H23F3N4O3. The maximum Gasteiger partial charge on any atom is 0.408 e. The number of hydrogen-bond acceptors (Lipinski definition) is 6. The van der Waals surface area contributed by atoms with Crippen LogP contribution < -0.4 is 15.4 Å². The number of aromatic nitrogens is 2. The first-order valence-electron chi connectivity index (χ1n) is 8.66. The molecule has 0 aromatic carbocycles. The van der Waals surface area contributed by atoms with E-state index in [0.29, 0.717) is 25.6 Å². The molecule has 1 aromatic heterocycles. The van der Waals surface area contributed by atoms with Gasteiger partial charge in [-0.3, -0.25) is 9.36 Å². The maximum absolute atomic E-state index is 13.5. The number of anilines is 2. The average molecular weight is 376 g/mol. The molecule has 0 spiro atoms. The molecule has 1 saturated heterocycles. The number of aliphatic hydroxyl groups excluding tert-OH is 1. The fourth-order valence-corrected chi connectivity index (χ4v) is 3.51. The lowest BCUT2D eigenvalue weighted by molar-refractivity contribution is -0.153. The first-order valence-corrected chi connectivity index (χ1v) is 8.66. The molecule has 3 atom stereocenters. The summed E-state index contributed by atoms with van der Waals surface area (Å²) in [6.07, 6.45) is -5.72. The van der Waals surface area contributed by atoms with Gasteiger partial charge in [0.25, 0.3) is 5.56 Å². The Bertz CT molecular complexity index is 707. The summed E-state index contributed by atoms with van der Waals surface area (Å²) >= 11 is 0. The third-order valence-electron chi connectivity index (χ3n) is 4.73.